The van der Waals surface area contributed by atoms with Crippen LogP contribution in [-0.2, 0) is 14.3 Å². The van der Waals surface area contributed by atoms with E-state index in [4.69, 9.17) is 9.47 Å². The summed E-state index contributed by atoms with van der Waals surface area (Å²) in [6.07, 6.45) is 1.04. The Bertz CT molecular complexity index is 631. The normalized spacial score (nSPS) is 15.0. The van der Waals surface area contributed by atoms with Gasteiger partial charge >= 0.3 is 11.9 Å². The van der Waals surface area contributed by atoms with Crippen LogP contribution in [-0.4, -0.2) is 41.6 Å². The number of amides is 1. The van der Waals surface area contributed by atoms with E-state index in [-0.39, 0.29) is 29.8 Å². The van der Waals surface area contributed by atoms with Crippen molar-refractivity contribution in [2.75, 3.05) is 6.61 Å². The Morgan fingerprint density at radius 1 is 1.26 bits per heavy atom. The molecule has 0 spiro atoms. The number of hydrogen-bond acceptors (Lipinski definition) is 5. The maximum absolute atomic E-state index is 12.3. The molecule has 0 radical (unpaired) electrons. The van der Waals surface area contributed by atoms with Crippen LogP contribution in [0.25, 0.3) is 0 Å². The highest BCUT2D eigenvalue weighted by Crippen LogP contribution is 2.21. The Morgan fingerprint density at radius 3 is 2.48 bits per heavy atom. The fourth-order valence-electron chi connectivity index (χ4n) is 2.28. The predicted molar refractivity (Wildman–Crippen MR) is 82.3 cm³/mol. The van der Waals surface area contributed by atoms with Crippen LogP contribution in [0.3, 0.4) is 0 Å². The Hall–Kier alpha value is -2.31. The number of carbonyl (C=O) groups excluding carboxylic acids is 3. The van der Waals surface area contributed by atoms with E-state index in [1.807, 2.05) is 0 Å². The summed E-state index contributed by atoms with van der Waals surface area (Å²) in [6, 6.07) is 0.204. The summed E-state index contributed by atoms with van der Waals surface area (Å²) in [5.74, 6) is -1.46. The minimum Gasteiger partial charge on any atom is -0.461 e. The van der Waals surface area contributed by atoms with Gasteiger partial charge in [0.25, 0.3) is 5.91 Å². The molecular formula is C16H22N2O5. The molecule has 1 saturated carbocycles. The second kappa shape index (κ2) is 6.85. The van der Waals surface area contributed by atoms with Gasteiger partial charge < -0.3 is 19.8 Å². The average Bonchev–Trinajstić information content (AvgIpc) is 3.23. The Kier molecular flexibility index (Phi) is 5.08. The molecule has 1 atom stereocenters. The zero-order chi connectivity index (χ0) is 17.1. The highest BCUT2D eigenvalue weighted by atomic mass is 16.5. The number of aromatic amines is 1. The van der Waals surface area contributed by atoms with E-state index in [2.05, 4.69) is 10.3 Å². The summed E-state index contributed by atoms with van der Waals surface area (Å²) < 4.78 is 10.2. The van der Waals surface area contributed by atoms with Crippen LogP contribution in [0.5, 0.6) is 0 Å². The Balaban J connectivity index is 2.09. The fraction of sp³-hybridized carbons (Fsp3) is 0.562. The van der Waals surface area contributed by atoms with Crippen molar-refractivity contribution in [3.05, 3.63) is 22.5 Å². The van der Waals surface area contributed by atoms with Crippen LogP contribution in [0.1, 0.15) is 58.8 Å². The van der Waals surface area contributed by atoms with Crippen molar-refractivity contribution in [2.45, 2.75) is 52.7 Å². The highest BCUT2D eigenvalue weighted by Gasteiger charge is 2.29. The number of H-pyrrole nitrogens is 1. The number of aryl methyl sites for hydroxylation is 1. The fourth-order valence-corrected chi connectivity index (χ4v) is 2.28. The zero-order valence-corrected chi connectivity index (χ0v) is 13.8. The molecule has 23 heavy (non-hydrogen) atoms. The number of hydrogen-bond donors (Lipinski definition) is 2. The van der Waals surface area contributed by atoms with Crippen molar-refractivity contribution < 1.29 is 23.9 Å². The minimum absolute atomic E-state index is 0.204. The van der Waals surface area contributed by atoms with Gasteiger partial charge in [-0.25, -0.2) is 9.59 Å². The lowest BCUT2D eigenvalue weighted by molar-refractivity contribution is -0.129. The van der Waals surface area contributed by atoms with Crippen LogP contribution >= 0.6 is 0 Å². The molecule has 126 valence electrons. The van der Waals surface area contributed by atoms with Gasteiger partial charge in [0.2, 0.25) is 0 Å². The number of nitrogens with one attached hydrogen (secondary N) is 2. The predicted octanol–water partition coefficient (Wildman–Crippen LogP) is 1.63. The molecule has 1 amide bonds. The molecule has 7 nitrogen and oxygen atoms in total. The molecule has 7 heteroatoms. The van der Waals surface area contributed by atoms with E-state index >= 15 is 0 Å². The molecule has 2 N–H and O–H groups in total. The largest absolute Gasteiger partial charge is 0.461 e. The second-order valence-electron chi connectivity index (χ2n) is 5.68. The molecular weight excluding hydrogens is 300 g/mol. The first-order valence-electron chi connectivity index (χ1n) is 7.72. The summed E-state index contributed by atoms with van der Waals surface area (Å²) >= 11 is 0. The molecule has 0 saturated heterocycles. The molecule has 1 heterocycles. The van der Waals surface area contributed by atoms with Gasteiger partial charge in [0, 0.05) is 11.7 Å². The summed E-state index contributed by atoms with van der Waals surface area (Å²) in [7, 11) is 0. The van der Waals surface area contributed by atoms with Crippen molar-refractivity contribution in [2.24, 2.45) is 0 Å². The Morgan fingerprint density at radius 2 is 1.91 bits per heavy atom. The van der Waals surface area contributed by atoms with Crippen LogP contribution in [0, 0.1) is 13.8 Å². The van der Waals surface area contributed by atoms with Crippen molar-refractivity contribution >= 4 is 17.8 Å². The van der Waals surface area contributed by atoms with Crippen molar-refractivity contribution in [3.8, 4) is 0 Å². The topological polar surface area (TPSA) is 97.5 Å². The van der Waals surface area contributed by atoms with Gasteiger partial charge in [-0.05, 0) is 46.1 Å². The maximum Gasteiger partial charge on any atom is 0.355 e. The quantitative estimate of drug-likeness (QED) is 0.776. The van der Waals surface area contributed by atoms with Gasteiger partial charge in [0.1, 0.15) is 5.69 Å². The number of aromatic nitrogens is 1. The molecule has 1 unspecified atom stereocenters. The second-order valence-corrected chi connectivity index (χ2v) is 5.68. The molecule has 2 rings (SSSR count). The van der Waals surface area contributed by atoms with E-state index < -0.39 is 18.0 Å². The van der Waals surface area contributed by atoms with Gasteiger partial charge in [-0.2, -0.15) is 0 Å². The number of carbonyl (C=O) groups is 3. The lowest BCUT2D eigenvalue weighted by Crippen LogP contribution is -2.37. The third kappa shape index (κ3) is 3.91. The first-order chi connectivity index (χ1) is 10.8. The zero-order valence-electron chi connectivity index (χ0n) is 13.8. The molecule has 1 aromatic heterocycles. The third-order valence-electron chi connectivity index (χ3n) is 3.70. The lowest BCUT2D eigenvalue weighted by atomic mass is 10.1. The van der Waals surface area contributed by atoms with Gasteiger partial charge in [0.05, 0.1) is 12.2 Å². The molecule has 1 fully saturated rings. The van der Waals surface area contributed by atoms with E-state index in [1.54, 1.807) is 20.8 Å². The van der Waals surface area contributed by atoms with Crippen LogP contribution in [0.4, 0.5) is 0 Å². The van der Waals surface area contributed by atoms with E-state index in [0.29, 0.717) is 11.3 Å². The molecule has 0 aromatic carbocycles. The molecule has 1 aliphatic rings. The standard InChI is InChI=1S/C16H22N2O5/c1-5-22-16(21)13-8(2)12(9(3)17-13)15(20)23-10(4)14(19)18-11-6-7-11/h10-11,17H,5-7H2,1-4H3,(H,18,19). The highest BCUT2D eigenvalue weighted by molar-refractivity contribution is 5.99. The minimum atomic E-state index is -0.886. The average molecular weight is 322 g/mol. The third-order valence-corrected chi connectivity index (χ3v) is 3.70. The van der Waals surface area contributed by atoms with Crippen molar-refractivity contribution in [3.63, 3.8) is 0 Å². The molecule has 0 bridgehead atoms. The smallest absolute Gasteiger partial charge is 0.355 e. The summed E-state index contributed by atoms with van der Waals surface area (Å²) in [5.41, 5.74) is 1.46. The SMILES string of the molecule is CCOC(=O)c1[nH]c(C)c(C(=O)OC(C)C(=O)NC2CC2)c1C. The van der Waals surface area contributed by atoms with Crippen LogP contribution < -0.4 is 5.32 Å². The lowest BCUT2D eigenvalue weighted by Gasteiger charge is -2.13. The summed E-state index contributed by atoms with van der Waals surface area (Å²) in [5, 5.41) is 2.78. The molecule has 0 aliphatic heterocycles. The number of esters is 2. The van der Waals surface area contributed by atoms with Gasteiger partial charge in [0.15, 0.2) is 6.10 Å². The van der Waals surface area contributed by atoms with Gasteiger partial charge in [-0.3, -0.25) is 4.79 Å². The van der Waals surface area contributed by atoms with Crippen molar-refractivity contribution in [1.29, 1.82) is 0 Å². The van der Waals surface area contributed by atoms with E-state index in [0.717, 1.165) is 12.8 Å². The summed E-state index contributed by atoms with van der Waals surface area (Å²) in [6.45, 7) is 6.79. The van der Waals surface area contributed by atoms with E-state index in [1.165, 1.54) is 6.92 Å². The summed E-state index contributed by atoms with van der Waals surface area (Å²) in [4.78, 5) is 38.9. The monoisotopic (exact) mass is 322 g/mol. The first-order valence-corrected chi connectivity index (χ1v) is 7.72. The van der Waals surface area contributed by atoms with Crippen LogP contribution in [0.15, 0.2) is 0 Å². The molecule has 1 aliphatic carbocycles. The van der Waals surface area contributed by atoms with Crippen LogP contribution in [0.2, 0.25) is 0 Å². The Labute approximate surface area is 134 Å². The number of ether oxygens (including phenoxy) is 2. The van der Waals surface area contributed by atoms with E-state index in [9.17, 15) is 14.4 Å². The van der Waals surface area contributed by atoms with Gasteiger partial charge in [-0.1, -0.05) is 0 Å². The molecule has 1 aromatic rings. The maximum atomic E-state index is 12.3. The van der Waals surface area contributed by atoms with Gasteiger partial charge in [-0.15, -0.1) is 0 Å². The first kappa shape index (κ1) is 17.1. The number of rotatable bonds is 6. The van der Waals surface area contributed by atoms with Crippen molar-refractivity contribution in [1.82, 2.24) is 10.3 Å².